The molecule has 2 aromatic heterocycles. The second-order valence-electron chi connectivity index (χ2n) is 11.7. The molecule has 5 atom stereocenters. The Hall–Kier alpha value is -1.99. The van der Waals surface area contributed by atoms with Crippen molar-refractivity contribution < 1.29 is 19.7 Å². The van der Waals surface area contributed by atoms with Gasteiger partial charge in [-0.3, -0.25) is 9.36 Å². The van der Waals surface area contributed by atoms with Gasteiger partial charge in [0.25, 0.3) is 0 Å². The van der Waals surface area contributed by atoms with Gasteiger partial charge in [0.05, 0.1) is 25.0 Å². The van der Waals surface area contributed by atoms with Gasteiger partial charge in [0.2, 0.25) is 5.91 Å². The van der Waals surface area contributed by atoms with Crippen molar-refractivity contribution in [2.75, 3.05) is 31.4 Å². The molecule has 4 bridgehead atoms. The Bertz CT molecular complexity index is 1120. The molecule has 37 heavy (non-hydrogen) atoms. The Morgan fingerprint density at radius 1 is 1.24 bits per heavy atom. The van der Waals surface area contributed by atoms with Gasteiger partial charge in [0.1, 0.15) is 18.5 Å². The first-order chi connectivity index (χ1) is 17.8. The van der Waals surface area contributed by atoms with Crippen molar-refractivity contribution in [1.82, 2.24) is 24.8 Å². The lowest BCUT2D eigenvalue weighted by Gasteiger charge is -2.56. The summed E-state index contributed by atoms with van der Waals surface area (Å²) in [7, 11) is 3.72. The summed E-state index contributed by atoms with van der Waals surface area (Å²) in [5.74, 6) is 3.38. The number of hydrogen-bond acceptors (Lipinski definition) is 10. The van der Waals surface area contributed by atoms with Crippen LogP contribution >= 0.6 is 11.8 Å². The first kappa shape index (κ1) is 25.3. The van der Waals surface area contributed by atoms with Gasteiger partial charge < -0.3 is 30.9 Å². The molecule has 0 spiro atoms. The van der Waals surface area contributed by atoms with Crippen molar-refractivity contribution in [2.24, 2.45) is 23.5 Å². The van der Waals surface area contributed by atoms with Gasteiger partial charge in [-0.2, -0.15) is 11.8 Å². The smallest absolute Gasteiger partial charge is 0.238 e. The summed E-state index contributed by atoms with van der Waals surface area (Å²) in [5.41, 5.74) is 7.42. The van der Waals surface area contributed by atoms with E-state index in [2.05, 4.69) is 20.3 Å². The molecule has 11 nitrogen and oxygen atoms in total. The van der Waals surface area contributed by atoms with Crippen LogP contribution in [-0.4, -0.2) is 91.1 Å². The van der Waals surface area contributed by atoms with E-state index in [-0.39, 0.29) is 17.3 Å². The molecule has 5 fully saturated rings. The maximum Gasteiger partial charge on any atom is 0.238 e. The quantitative estimate of drug-likeness (QED) is 0.382. The number of amides is 1. The highest BCUT2D eigenvalue weighted by Gasteiger charge is 2.51. The summed E-state index contributed by atoms with van der Waals surface area (Å²) < 4.78 is 7.87. The van der Waals surface area contributed by atoms with Crippen LogP contribution in [0.3, 0.4) is 0 Å². The Balaban J connectivity index is 1.12. The Kier molecular flexibility index (Phi) is 6.59. The molecule has 0 radical (unpaired) electrons. The maximum atomic E-state index is 13.1. The van der Waals surface area contributed by atoms with Crippen LogP contribution in [0, 0.1) is 17.8 Å². The lowest BCUT2D eigenvalue weighted by molar-refractivity contribution is -0.123. The molecule has 0 unspecified atom stereocenters. The number of carbonyl (C=O) groups is 1. The fourth-order valence-corrected chi connectivity index (χ4v) is 9.23. The number of thioether (sulfide) groups is 1. The molecule has 3 heterocycles. The number of rotatable bonds is 8. The lowest BCUT2D eigenvalue weighted by Crippen LogP contribution is -2.54. The molecule has 1 amide bonds. The molecule has 1 aliphatic heterocycles. The molecule has 5 N–H and O–H groups in total. The highest BCUT2D eigenvalue weighted by atomic mass is 32.2. The minimum atomic E-state index is -1.13. The van der Waals surface area contributed by atoms with E-state index in [1.165, 1.54) is 51.2 Å². The second kappa shape index (κ2) is 9.64. The van der Waals surface area contributed by atoms with Crippen molar-refractivity contribution in [1.29, 1.82) is 0 Å². The monoisotopic (exact) mass is 531 g/mol. The van der Waals surface area contributed by atoms with Gasteiger partial charge in [0, 0.05) is 24.6 Å². The predicted octanol–water partition coefficient (Wildman–Crippen LogP) is 0.657. The van der Waals surface area contributed by atoms with Crippen molar-refractivity contribution in [2.45, 2.75) is 73.8 Å². The van der Waals surface area contributed by atoms with E-state index in [1.807, 2.05) is 30.8 Å². The van der Waals surface area contributed by atoms with Crippen LogP contribution in [0.25, 0.3) is 11.2 Å². The number of aromatic nitrogens is 4. The Morgan fingerprint density at radius 2 is 1.92 bits per heavy atom. The van der Waals surface area contributed by atoms with Crippen LogP contribution < -0.4 is 16.0 Å². The fourth-order valence-electron chi connectivity index (χ4n) is 7.48. The summed E-state index contributed by atoms with van der Waals surface area (Å²) in [6.45, 7) is -0.361. The number of hydrogen-bond donors (Lipinski definition) is 4. The third-order valence-electron chi connectivity index (χ3n) is 8.79. The standard InChI is InChI=1S/C25H37N7O4S/c1-31(2)21-19-22(28-11-27-21)32(12-29-19)24-20(34)18(17(9-33)36-24)30-23(35)16(26)10-37-25-6-13-3-14(7-25)5-15(4-13)8-25/h11-18,20,24,33-34H,3-10,26H2,1-2H3,(H,30,35)/t13?,14?,15?,16-,17+,18+,20+,24+,25?/m0/s1. The number of carbonyl (C=O) groups excluding carboxylic acids is 1. The van der Waals surface area contributed by atoms with E-state index in [0.717, 1.165) is 17.8 Å². The second-order valence-corrected chi connectivity index (χ2v) is 13.2. The van der Waals surface area contributed by atoms with Crippen molar-refractivity contribution in [3.63, 3.8) is 0 Å². The van der Waals surface area contributed by atoms with E-state index in [1.54, 1.807) is 4.57 Å². The lowest BCUT2D eigenvalue weighted by atomic mass is 9.56. The van der Waals surface area contributed by atoms with Crippen LogP contribution in [0.15, 0.2) is 12.7 Å². The Morgan fingerprint density at radius 3 is 2.54 bits per heavy atom. The highest BCUT2D eigenvalue weighted by Crippen LogP contribution is 2.60. The zero-order valence-electron chi connectivity index (χ0n) is 21.4. The number of aliphatic hydroxyl groups is 2. The first-order valence-electron chi connectivity index (χ1n) is 13.3. The van der Waals surface area contributed by atoms with Crippen LogP contribution in [0.1, 0.15) is 44.8 Å². The molecule has 4 aliphatic carbocycles. The van der Waals surface area contributed by atoms with Crippen LogP contribution in [0.2, 0.25) is 0 Å². The summed E-state index contributed by atoms with van der Waals surface area (Å²) in [6, 6.07) is -1.52. The molecule has 0 aromatic carbocycles. The molecule has 4 saturated carbocycles. The van der Waals surface area contributed by atoms with Gasteiger partial charge in [0.15, 0.2) is 23.2 Å². The largest absolute Gasteiger partial charge is 0.394 e. The summed E-state index contributed by atoms with van der Waals surface area (Å²) >= 11 is 1.88. The molecule has 12 heteroatoms. The minimum absolute atomic E-state index is 0.275. The first-order valence-corrected chi connectivity index (χ1v) is 14.2. The molecule has 7 rings (SSSR count). The topological polar surface area (TPSA) is 152 Å². The van der Waals surface area contributed by atoms with E-state index >= 15 is 0 Å². The number of nitrogens with zero attached hydrogens (tertiary/aromatic N) is 5. The van der Waals surface area contributed by atoms with E-state index in [4.69, 9.17) is 10.5 Å². The van der Waals surface area contributed by atoms with Crippen LogP contribution in [-0.2, 0) is 9.53 Å². The van der Waals surface area contributed by atoms with E-state index in [9.17, 15) is 15.0 Å². The normalized spacial score (nSPS) is 37.3. The number of fused-ring (bicyclic) bond motifs is 1. The third-order valence-corrected chi connectivity index (χ3v) is 10.4. The molecule has 202 valence electrons. The molecular weight excluding hydrogens is 494 g/mol. The van der Waals surface area contributed by atoms with Gasteiger partial charge in [-0.05, 0) is 56.3 Å². The average Bonchev–Trinajstić information content (AvgIpc) is 3.42. The minimum Gasteiger partial charge on any atom is -0.394 e. The molecule has 2 aromatic rings. The maximum absolute atomic E-state index is 13.1. The van der Waals surface area contributed by atoms with E-state index in [0.29, 0.717) is 22.7 Å². The van der Waals surface area contributed by atoms with Crippen molar-refractivity contribution in [3.8, 4) is 0 Å². The van der Waals surface area contributed by atoms with Gasteiger partial charge in [-0.15, -0.1) is 0 Å². The number of anilines is 1. The van der Waals surface area contributed by atoms with Crippen molar-refractivity contribution in [3.05, 3.63) is 12.7 Å². The fraction of sp³-hybridized carbons (Fsp3) is 0.760. The number of imidazole rings is 1. The summed E-state index contributed by atoms with van der Waals surface area (Å²) in [6.07, 6.45) is 8.05. The van der Waals surface area contributed by atoms with Crippen molar-refractivity contribution >= 4 is 34.7 Å². The van der Waals surface area contributed by atoms with Gasteiger partial charge in [-0.25, -0.2) is 15.0 Å². The average molecular weight is 532 g/mol. The Labute approximate surface area is 220 Å². The predicted molar refractivity (Wildman–Crippen MR) is 140 cm³/mol. The molecule has 5 aliphatic rings. The zero-order chi connectivity index (χ0) is 25.9. The number of ether oxygens (including phenoxy) is 1. The van der Waals surface area contributed by atoms with Gasteiger partial charge in [-0.1, -0.05) is 0 Å². The summed E-state index contributed by atoms with van der Waals surface area (Å²) in [5, 5.41) is 24.0. The van der Waals surface area contributed by atoms with Crippen LogP contribution in [0.4, 0.5) is 5.82 Å². The van der Waals surface area contributed by atoms with Crippen LogP contribution in [0.5, 0.6) is 0 Å². The number of nitrogens with two attached hydrogens (primary N) is 1. The van der Waals surface area contributed by atoms with Gasteiger partial charge >= 0.3 is 0 Å². The SMILES string of the molecule is CN(C)c1ncnc2c1ncn2[C@@H]1O[C@H](CO)[C@@H](NC(=O)[C@@H](N)CSC23CC4CC(CC(C4)C2)C3)[C@H]1O. The van der Waals surface area contributed by atoms with E-state index < -0.39 is 30.5 Å². The zero-order valence-corrected chi connectivity index (χ0v) is 22.2. The highest BCUT2D eigenvalue weighted by molar-refractivity contribution is 8.00. The summed E-state index contributed by atoms with van der Waals surface area (Å²) in [4.78, 5) is 28.0. The molecular formula is C25H37N7O4S. The number of nitrogens with one attached hydrogen (secondary N) is 1. The third kappa shape index (κ3) is 4.50. The molecule has 1 saturated heterocycles. The number of aliphatic hydroxyl groups excluding tert-OH is 2.